The van der Waals surface area contributed by atoms with Gasteiger partial charge in [0.2, 0.25) is 11.8 Å². The SMILES string of the molecule is COc1cc(N2CC(=O)N3CCCC3C2=O)ccc1Cl. The molecule has 2 amide bonds. The summed E-state index contributed by atoms with van der Waals surface area (Å²) < 4.78 is 5.16. The van der Waals surface area contributed by atoms with E-state index in [4.69, 9.17) is 16.3 Å². The maximum atomic E-state index is 12.5. The van der Waals surface area contributed by atoms with E-state index in [2.05, 4.69) is 0 Å². The summed E-state index contributed by atoms with van der Waals surface area (Å²) in [5, 5.41) is 0.481. The van der Waals surface area contributed by atoms with Gasteiger partial charge in [-0.2, -0.15) is 0 Å². The van der Waals surface area contributed by atoms with Gasteiger partial charge in [0, 0.05) is 18.3 Å². The molecule has 0 saturated carbocycles. The number of methoxy groups -OCH3 is 1. The number of ether oxygens (including phenoxy) is 1. The highest BCUT2D eigenvalue weighted by Gasteiger charge is 2.42. The van der Waals surface area contributed by atoms with E-state index >= 15 is 0 Å². The number of amides is 2. The first-order valence-electron chi connectivity index (χ1n) is 6.56. The molecule has 1 aromatic rings. The topological polar surface area (TPSA) is 49.9 Å². The first-order chi connectivity index (χ1) is 9.61. The van der Waals surface area contributed by atoms with Crippen molar-refractivity contribution in [2.45, 2.75) is 18.9 Å². The second-order valence-corrected chi connectivity index (χ2v) is 5.40. The molecule has 0 aromatic heterocycles. The Bertz CT molecular complexity index is 576. The highest BCUT2D eigenvalue weighted by atomic mass is 35.5. The molecule has 6 heteroatoms. The van der Waals surface area contributed by atoms with Crippen LogP contribution in [0, 0.1) is 0 Å². The first-order valence-corrected chi connectivity index (χ1v) is 6.94. The lowest BCUT2D eigenvalue weighted by atomic mass is 10.1. The highest BCUT2D eigenvalue weighted by molar-refractivity contribution is 6.32. The van der Waals surface area contributed by atoms with Gasteiger partial charge < -0.3 is 14.5 Å². The van der Waals surface area contributed by atoms with Crippen molar-refractivity contribution in [2.75, 3.05) is 25.1 Å². The molecule has 0 spiro atoms. The summed E-state index contributed by atoms with van der Waals surface area (Å²) in [4.78, 5) is 27.8. The largest absolute Gasteiger partial charge is 0.495 e. The average Bonchev–Trinajstić information content (AvgIpc) is 2.94. The third-order valence-corrected chi connectivity index (χ3v) is 4.18. The first kappa shape index (κ1) is 13.2. The van der Waals surface area contributed by atoms with Crippen molar-refractivity contribution < 1.29 is 14.3 Å². The fourth-order valence-corrected chi connectivity index (χ4v) is 3.04. The summed E-state index contributed by atoms with van der Waals surface area (Å²) in [6.45, 7) is 0.771. The molecule has 2 aliphatic rings. The van der Waals surface area contributed by atoms with Crippen molar-refractivity contribution in [1.29, 1.82) is 0 Å². The zero-order valence-corrected chi connectivity index (χ0v) is 11.9. The number of hydrogen-bond donors (Lipinski definition) is 0. The van der Waals surface area contributed by atoms with Gasteiger partial charge in [-0.05, 0) is 25.0 Å². The summed E-state index contributed by atoms with van der Waals surface area (Å²) in [6, 6.07) is 4.80. The Morgan fingerprint density at radius 3 is 2.90 bits per heavy atom. The van der Waals surface area contributed by atoms with Gasteiger partial charge in [0.05, 0.1) is 12.1 Å². The third-order valence-electron chi connectivity index (χ3n) is 3.86. The van der Waals surface area contributed by atoms with Crippen LogP contribution in [-0.2, 0) is 9.59 Å². The number of piperazine rings is 1. The second kappa shape index (κ2) is 4.98. The molecule has 20 heavy (non-hydrogen) atoms. The monoisotopic (exact) mass is 294 g/mol. The zero-order chi connectivity index (χ0) is 14.3. The van der Waals surface area contributed by atoms with Crippen molar-refractivity contribution >= 4 is 29.1 Å². The minimum atomic E-state index is -0.307. The Labute approximate surface area is 122 Å². The van der Waals surface area contributed by atoms with E-state index in [1.807, 2.05) is 0 Å². The standard InChI is InChI=1S/C14H15ClN2O3/c1-20-12-7-9(4-5-10(12)15)17-8-13(18)16-6-2-3-11(16)14(17)19/h4-5,7,11H,2-3,6,8H2,1H3. The van der Waals surface area contributed by atoms with Crippen LogP contribution in [0.25, 0.3) is 0 Å². The lowest BCUT2D eigenvalue weighted by Crippen LogP contribution is -2.57. The fourth-order valence-electron chi connectivity index (χ4n) is 2.84. The Morgan fingerprint density at radius 1 is 1.35 bits per heavy atom. The van der Waals surface area contributed by atoms with Gasteiger partial charge >= 0.3 is 0 Å². The van der Waals surface area contributed by atoms with Crippen LogP contribution in [0.1, 0.15) is 12.8 Å². The molecular weight excluding hydrogens is 280 g/mol. The van der Waals surface area contributed by atoms with Gasteiger partial charge in [0.15, 0.2) is 0 Å². The molecule has 1 atom stereocenters. The number of hydrogen-bond acceptors (Lipinski definition) is 3. The van der Waals surface area contributed by atoms with Gasteiger partial charge in [-0.15, -0.1) is 0 Å². The van der Waals surface area contributed by atoms with E-state index in [1.165, 1.54) is 12.0 Å². The van der Waals surface area contributed by atoms with E-state index < -0.39 is 0 Å². The minimum absolute atomic E-state index is 0.000942. The molecule has 1 unspecified atom stereocenters. The maximum Gasteiger partial charge on any atom is 0.250 e. The lowest BCUT2D eigenvalue weighted by Gasteiger charge is -2.36. The van der Waals surface area contributed by atoms with Gasteiger partial charge in [-0.25, -0.2) is 0 Å². The lowest BCUT2D eigenvalue weighted by molar-refractivity contribution is -0.140. The molecule has 0 N–H and O–H groups in total. The van der Waals surface area contributed by atoms with Gasteiger partial charge in [-0.3, -0.25) is 9.59 Å². The summed E-state index contributed by atoms with van der Waals surface area (Å²) in [5.41, 5.74) is 0.649. The van der Waals surface area contributed by atoms with Gasteiger partial charge in [0.1, 0.15) is 18.3 Å². The number of nitrogens with zero attached hydrogens (tertiary/aromatic N) is 2. The van der Waals surface area contributed by atoms with E-state index in [0.717, 1.165) is 12.8 Å². The minimum Gasteiger partial charge on any atom is -0.495 e. The van der Waals surface area contributed by atoms with Crippen LogP contribution in [0.15, 0.2) is 18.2 Å². The summed E-state index contributed by atoms with van der Waals surface area (Å²) in [5.74, 6) is 0.478. The molecule has 0 radical (unpaired) electrons. The summed E-state index contributed by atoms with van der Waals surface area (Å²) in [6.07, 6.45) is 1.63. The number of rotatable bonds is 2. The number of halogens is 1. The Hall–Kier alpha value is -1.75. The number of fused-ring (bicyclic) bond motifs is 1. The predicted octanol–water partition coefficient (Wildman–Crippen LogP) is 1.69. The Balaban J connectivity index is 1.93. The molecule has 2 heterocycles. The van der Waals surface area contributed by atoms with E-state index in [1.54, 1.807) is 23.1 Å². The highest BCUT2D eigenvalue weighted by Crippen LogP contribution is 2.32. The van der Waals surface area contributed by atoms with E-state index in [-0.39, 0.29) is 24.4 Å². The maximum absolute atomic E-state index is 12.5. The summed E-state index contributed by atoms with van der Waals surface area (Å²) >= 11 is 5.99. The third kappa shape index (κ3) is 2.02. The fraction of sp³-hybridized carbons (Fsp3) is 0.429. The molecule has 106 valence electrons. The van der Waals surface area contributed by atoms with Crippen LogP contribution in [0.2, 0.25) is 5.02 Å². The number of carbonyl (C=O) groups excluding carboxylic acids is 2. The summed E-state index contributed by atoms with van der Waals surface area (Å²) in [7, 11) is 1.52. The Kier molecular flexibility index (Phi) is 3.30. The molecule has 2 aliphatic heterocycles. The Morgan fingerprint density at radius 2 is 2.15 bits per heavy atom. The molecule has 1 aromatic carbocycles. The zero-order valence-electron chi connectivity index (χ0n) is 11.1. The van der Waals surface area contributed by atoms with Crippen LogP contribution in [0.4, 0.5) is 5.69 Å². The van der Waals surface area contributed by atoms with Crippen LogP contribution in [0.5, 0.6) is 5.75 Å². The van der Waals surface area contributed by atoms with Crippen LogP contribution in [-0.4, -0.2) is 43.0 Å². The molecule has 2 fully saturated rings. The van der Waals surface area contributed by atoms with E-state index in [0.29, 0.717) is 23.0 Å². The molecule has 5 nitrogen and oxygen atoms in total. The quantitative estimate of drug-likeness (QED) is 0.834. The average molecular weight is 295 g/mol. The van der Waals surface area contributed by atoms with Crippen LogP contribution >= 0.6 is 11.6 Å². The van der Waals surface area contributed by atoms with Gasteiger partial charge in [0.25, 0.3) is 0 Å². The predicted molar refractivity (Wildman–Crippen MR) is 75.1 cm³/mol. The van der Waals surface area contributed by atoms with Crippen molar-refractivity contribution in [1.82, 2.24) is 4.90 Å². The normalized spacial score (nSPS) is 22.2. The molecule has 0 aliphatic carbocycles. The van der Waals surface area contributed by atoms with Crippen molar-refractivity contribution in [3.8, 4) is 5.75 Å². The van der Waals surface area contributed by atoms with Crippen molar-refractivity contribution in [3.63, 3.8) is 0 Å². The van der Waals surface area contributed by atoms with Crippen LogP contribution < -0.4 is 9.64 Å². The van der Waals surface area contributed by atoms with Gasteiger partial charge in [-0.1, -0.05) is 11.6 Å². The van der Waals surface area contributed by atoms with E-state index in [9.17, 15) is 9.59 Å². The smallest absolute Gasteiger partial charge is 0.250 e. The second-order valence-electron chi connectivity index (χ2n) is 4.99. The van der Waals surface area contributed by atoms with Crippen molar-refractivity contribution in [2.24, 2.45) is 0 Å². The molecule has 3 rings (SSSR count). The van der Waals surface area contributed by atoms with Crippen molar-refractivity contribution in [3.05, 3.63) is 23.2 Å². The number of anilines is 1. The number of benzene rings is 1. The molecule has 0 bridgehead atoms. The molecular formula is C14H15ClN2O3. The van der Waals surface area contributed by atoms with Crippen LogP contribution in [0.3, 0.4) is 0 Å². The number of carbonyl (C=O) groups is 2. The molecule has 2 saturated heterocycles.